The van der Waals surface area contributed by atoms with Gasteiger partial charge in [-0.25, -0.2) is 9.59 Å². The molecule has 2 heterocycles. The van der Waals surface area contributed by atoms with Gasteiger partial charge in [-0.3, -0.25) is 9.59 Å². The summed E-state index contributed by atoms with van der Waals surface area (Å²) in [6, 6.07) is 0. The van der Waals surface area contributed by atoms with Crippen molar-refractivity contribution >= 4 is 23.9 Å². The summed E-state index contributed by atoms with van der Waals surface area (Å²) in [5.41, 5.74) is -1.56. The fraction of sp³-hybridized carbons (Fsp3) is 0.724. The molecule has 0 aromatic heterocycles. The monoisotopic (exact) mass is 548 g/mol. The largest absolute Gasteiger partial charge is 0.465 e. The van der Waals surface area contributed by atoms with Crippen LogP contribution in [0.15, 0.2) is 23.3 Å². The van der Waals surface area contributed by atoms with Crippen LogP contribution in [0.4, 0.5) is 0 Å². The lowest BCUT2D eigenvalue weighted by Gasteiger charge is -2.64. The second-order valence-corrected chi connectivity index (χ2v) is 11.8. The van der Waals surface area contributed by atoms with Gasteiger partial charge in [0.05, 0.1) is 18.1 Å². The number of esters is 4. The van der Waals surface area contributed by atoms with Crippen LogP contribution in [-0.4, -0.2) is 72.7 Å². The van der Waals surface area contributed by atoms with Crippen LogP contribution in [0.1, 0.15) is 67.2 Å². The van der Waals surface area contributed by atoms with E-state index in [9.17, 15) is 24.3 Å². The van der Waals surface area contributed by atoms with Gasteiger partial charge < -0.3 is 28.8 Å². The molecule has 3 fully saturated rings. The molecule has 2 aliphatic carbocycles. The summed E-state index contributed by atoms with van der Waals surface area (Å²) in [5.74, 6) is -2.56. The lowest BCUT2D eigenvalue weighted by atomic mass is 9.42. The second kappa shape index (κ2) is 10.7. The number of fused-ring (bicyclic) bond motifs is 2. The molecule has 0 radical (unpaired) electrons. The van der Waals surface area contributed by atoms with Gasteiger partial charge in [0, 0.05) is 37.0 Å². The van der Waals surface area contributed by atoms with Gasteiger partial charge in [0.15, 0.2) is 0 Å². The van der Waals surface area contributed by atoms with Crippen molar-refractivity contribution in [1.29, 1.82) is 0 Å². The number of allylic oxidation sites excluding steroid dienone is 1. The van der Waals surface area contributed by atoms with Gasteiger partial charge in [-0.05, 0) is 50.9 Å². The number of hydrogen-bond acceptors (Lipinski definition) is 10. The van der Waals surface area contributed by atoms with Gasteiger partial charge in [0.25, 0.3) is 0 Å². The molecule has 2 saturated carbocycles. The Morgan fingerprint density at radius 2 is 1.90 bits per heavy atom. The summed E-state index contributed by atoms with van der Waals surface area (Å²) in [5, 5.41) is 11.3. The quantitative estimate of drug-likeness (QED) is 0.209. The number of carbonyl (C=O) groups is 4. The van der Waals surface area contributed by atoms with Gasteiger partial charge in [0.1, 0.15) is 31.0 Å². The van der Waals surface area contributed by atoms with Crippen molar-refractivity contribution < 1.29 is 48.0 Å². The van der Waals surface area contributed by atoms with Gasteiger partial charge in [-0.2, -0.15) is 0 Å². The van der Waals surface area contributed by atoms with Crippen molar-refractivity contribution in [2.75, 3.05) is 19.8 Å². The third-order valence-corrected chi connectivity index (χ3v) is 9.66. The zero-order valence-corrected chi connectivity index (χ0v) is 23.6. The molecule has 1 spiro atoms. The van der Waals surface area contributed by atoms with Crippen LogP contribution in [0.2, 0.25) is 0 Å². The van der Waals surface area contributed by atoms with E-state index in [1.54, 1.807) is 19.9 Å². The van der Waals surface area contributed by atoms with Crippen molar-refractivity contribution in [3.05, 3.63) is 23.3 Å². The normalized spacial score (nSPS) is 38.3. The van der Waals surface area contributed by atoms with E-state index in [1.165, 1.54) is 19.9 Å². The number of aliphatic hydroxyl groups excluding tert-OH is 1. The highest BCUT2D eigenvalue weighted by atomic mass is 16.6. The molecule has 39 heavy (non-hydrogen) atoms. The van der Waals surface area contributed by atoms with E-state index < -0.39 is 64.5 Å². The zero-order chi connectivity index (χ0) is 28.8. The number of epoxide rings is 1. The number of aliphatic hydroxyl groups is 1. The molecule has 2 aliphatic heterocycles. The van der Waals surface area contributed by atoms with E-state index in [4.69, 9.17) is 23.7 Å². The summed E-state index contributed by atoms with van der Waals surface area (Å²) >= 11 is 0. The van der Waals surface area contributed by atoms with E-state index >= 15 is 0 Å². The highest BCUT2D eigenvalue weighted by molar-refractivity contribution is 5.87. The van der Waals surface area contributed by atoms with Crippen molar-refractivity contribution in [2.45, 2.75) is 91.1 Å². The van der Waals surface area contributed by atoms with Crippen molar-refractivity contribution in [3.8, 4) is 0 Å². The lowest BCUT2D eigenvalue weighted by Crippen LogP contribution is -2.71. The van der Waals surface area contributed by atoms with Gasteiger partial charge in [-0.1, -0.05) is 19.9 Å². The Morgan fingerprint density at radius 3 is 2.44 bits per heavy atom. The Bertz CT molecular complexity index is 1090. The summed E-state index contributed by atoms with van der Waals surface area (Å²) in [7, 11) is 0. The zero-order valence-electron chi connectivity index (χ0n) is 23.6. The maximum atomic E-state index is 13.1. The number of cyclic esters (lactones) is 1. The predicted molar refractivity (Wildman–Crippen MR) is 137 cm³/mol. The number of ether oxygens (including phenoxy) is 5. The smallest absolute Gasteiger partial charge is 0.333 e. The predicted octanol–water partition coefficient (Wildman–Crippen LogP) is 2.80. The number of rotatable bonds is 8. The first kappa shape index (κ1) is 29.3. The second-order valence-electron chi connectivity index (χ2n) is 11.8. The maximum absolute atomic E-state index is 13.1. The lowest BCUT2D eigenvalue weighted by molar-refractivity contribution is -0.258. The summed E-state index contributed by atoms with van der Waals surface area (Å²) < 4.78 is 29.0. The van der Waals surface area contributed by atoms with Gasteiger partial charge >= 0.3 is 23.9 Å². The summed E-state index contributed by atoms with van der Waals surface area (Å²) in [6.07, 6.45) is 2.35. The molecule has 1 saturated heterocycles. The van der Waals surface area contributed by atoms with Crippen LogP contribution in [0.3, 0.4) is 0 Å². The highest BCUT2D eigenvalue weighted by Gasteiger charge is 2.77. The molecule has 10 nitrogen and oxygen atoms in total. The molecule has 216 valence electrons. The Hall–Kier alpha value is -2.72. The van der Waals surface area contributed by atoms with E-state index in [0.717, 1.165) is 0 Å². The van der Waals surface area contributed by atoms with Gasteiger partial charge in [0.2, 0.25) is 0 Å². The minimum Gasteiger partial charge on any atom is -0.465 e. The highest BCUT2D eigenvalue weighted by Crippen LogP contribution is 2.69. The average Bonchev–Trinajstić information content (AvgIpc) is 3.52. The molecule has 10 heteroatoms. The SMILES string of the molecule is C/C=C(\C)C(=O)O[C@@H]1CC[C@]2(CO2)[C@]2(COC(C)=O)[C@@H](OC(C)=O)C[C@@H](C)[C@](C)(CC(O)C3=CC(=O)OC3)[C@@H]12. The van der Waals surface area contributed by atoms with Crippen LogP contribution in [0.25, 0.3) is 0 Å². The molecule has 0 bridgehead atoms. The van der Waals surface area contributed by atoms with Crippen molar-refractivity contribution in [3.63, 3.8) is 0 Å². The van der Waals surface area contributed by atoms with E-state index in [-0.39, 0.29) is 25.6 Å². The average molecular weight is 549 g/mol. The molecule has 1 unspecified atom stereocenters. The molecule has 0 aromatic rings. The molecule has 0 aromatic carbocycles. The Balaban J connectivity index is 1.87. The number of carbonyl (C=O) groups excluding carboxylic acids is 4. The van der Waals surface area contributed by atoms with E-state index in [1.807, 2.05) is 13.8 Å². The topological polar surface area (TPSA) is 138 Å². The third-order valence-electron chi connectivity index (χ3n) is 9.66. The number of hydrogen-bond donors (Lipinski definition) is 1. The van der Waals surface area contributed by atoms with E-state index in [0.29, 0.717) is 37.0 Å². The molecule has 1 N–H and O–H groups in total. The van der Waals surface area contributed by atoms with Crippen LogP contribution < -0.4 is 0 Å². The van der Waals surface area contributed by atoms with Crippen LogP contribution in [0.5, 0.6) is 0 Å². The first-order chi connectivity index (χ1) is 18.3. The minimum absolute atomic E-state index is 0.00967. The standard InChI is InChI=1S/C29H40O10/c1-7-16(2)26(34)39-22-8-9-28(14-37-28)29(15-36-18(4)30)23(38-19(5)31)10-17(3)27(6,25(22)29)12-21(32)20-11-24(33)35-13-20/h7,11,17,21-23,25,32H,8-10,12-15H2,1-6H3/b16-7+/t17-,21?,22-,23+,25-,27+,28+,29-/m1/s1. The molecular weight excluding hydrogens is 508 g/mol. The van der Waals surface area contributed by atoms with Crippen LogP contribution in [0, 0.1) is 22.7 Å². The molecular formula is C29H40O10. The Kier molecular flexibility index (Phi) is 8.02. The fourth-order valence-electron chi connectivity index (χ4n) is 7.33. The first-order valence-corrected chi connectivity index (χ1v) is 13.6. The Morgan fingerprint density at radius 1 is 1.21 bits per heavy atom. The molecule has 8 atom stereocenters. The van der Waals surface area contributed by atoms with Gasteiger partial charge in [-0.15, -0.1) is 0 Å². The van der Waals surface area contributed by atoms with Crippen molar-refractivity contribution in [1.82, 2.24) is 0 Å². The van der Waals surface area contributed by atoms with Crippen LogP contribution in [-0.2, 0) is 42.9 Å². The molecule has 4 rings (SSSR count). The third kappa shape index (κ3) is 5.13. The summed E-state index contributed by atoms with van der Waals surface area (Å²) in [6.45, 7) is 10.5. The fourth-order valence-corrected chi connectivity index (χ4v) is 7.33. The Labute approximate surface area is 229 Å². The molecule has 0 amide bonds. The molecule has 4 aliphatic rings. The van der Waals surface area contributed by atoms with Crippen molar-refractivity contribution in [2.24, 2.45) is 22.7 Å². The maximum Gasteiger partial charge on any atom is 0.333 e. The first-order valence-electron chi connectivity index (χ1n) is 13.6. The van der Waals surface area contributed by atoms with Crippen LogP contribution >= 0.6 is 0 Å². The summed E-state index contributed by atoms with van der Waals surface area (Å²) in [4.78, 5) is 49.4. The minimum atomic E-state index is -1.03. The van der Waals surface area contributed by atoms with E-state index in [2.05, 4.69) is 0 Å².